The van der Waals surface area contributed by atoms with Crippen LogP contribution in [0.25, 0.3) is 0 Å². The Balaban J connectivity index is 1.87. The van der Waals surface area contributed by atoms with Crippen LogP contribution in [0, 0.1) is 6.92 Å². The minimum Gasteiger partial charge on any atom is -0.310 e. The summed E-state index contributed by atoms with van der Waals surface area (Å²) in [6, 6.07) is 0.781. The molecule has 0 saturated heterocycles. The highest BCUT2D eigenvalue weighted by molar-refractivity contribution is 5.15. The standard InChI is InChI=1S/C12H21N3/c1-3-4-7-15-9-11(10(2)14-15)8-13-12-5-6-12/h9,12-13H,3-8H2,1-2H3. The van der Waals surface area contributed by atoms with Crippen molar-refractivity contribution in [3.8, 4) is 0 Å². The van der Waals surface area contributed by atoms with Crippen molar-refractivity contribution in [3.63, 3.8) is 0 Å². The molecule has 15 heavy (non-hydrogen) atoms. The van der Waals surface area contributed by atoms with Gasteiger partial charge in [0.15, 0.2) is 0 Å². The second kappa shape index (κ2) is 4.79. The minimum absolute atomic E-state index is 0.781. The average Bonchev–Trinajstić information content (AvgIpc) is 2.98. The van der Waals surface area contributed by atoms with Crippen LogP contribution in [-0.4, -0.2) is 15.8 Å². The summed E-state index contributed by atoms with van der Waals surface area (Å²) in [5.41, 5.74) is 2.54. The van der Waals surface area contributed by atoms with Gasteiger partial charge in [0.05, 0.1) is 5.69 Å². The molecule has 0 amide bonds. The maximum atomic E-state index is 4.52. The Morgan fingerprint density at radius 3 is 3.00 bits per heavy atom. The zero-order chi connectivity index (χ0) is 10.7. The molecule has 1 aliphatic rings. The molecule has 1 saturated carbocycles. The van der Waals surface area contributed by atoms with E-state index in [2.05, 4.69) is 35.1 Å². The van der Waals surface area contributed by atoms with Crippen LogP contribution >= 0.6 is 0 Å². The van der Waals surface area contributed by atoms with Crippen LogP contribution in [0.1, 0.15) is 43.9 Å². The fourth-order valence-corrected chi connectivity index (χ4v) is 1.71. The summed E-state index contributed by atoms with van der Waals surface area (Å²) in [5.74, 6) is 0. The van der Waals surface area contributed by atoms with Gasteiger partial charge >= 0.3 is 0 Å². The highest BCUT2D eigenvalue weighted by Crippen LogP contribution is 2.19. The molecule has 3 heteroatoms. The number of hydrogen-bond acceptors (Lipinski definition) is 2. The van der Waals surface area contributed by atoms with Gasteiger partial charge < -0.3 is 5.32 Å². The number of nitrogens with one attached hydrogen (secondary N) is 1. The molecule has 1 aromatic rings. The van der Waals surface area contributed by atoms with Gasteiger partial charge in [0, 0.05) is 30.9 Å². The van der Waals surface area contributed by atoms with Crippen LogP contribution in [-0.2, 0) is 13.1 Å². The molecule has 3 nitrogen and oxygen atoms in total. The summed E-state index contributed by atoms with van der Waals surface area (Å²) in [6.45, 7) is 6.36. The van der Waals surface area contributed by atoms with Gasteiger partial charge in [0.2, 0.25) is 0 Å². The third-order valence-electron chi connectivity index (χ3n) is 2.95. The molecule has 2 rings (SSSR count). The fourth-order valence-electron chi connectivity index (χ4n) is 1.71. The van der Waals surface area contributed by atoms with Gasteiger partial charge in [-0.25, -0.2) is 0 Å². The topological polar surface area (TPSA) is 29.9 Å². The Morgan fingerprint density at radius 1 is 1.53 bits per heavy atom. The number of aryl methyl sites for hydroxylation is 2. The second-order valence-electron chi connectivity index (χ2n) is 4.51. The molecule has 0 atom stereocenters. The normalized spacial score (nSPS) is 15.9. The SMILES string of the molecule is CCCCn1cc(CNC2CC2)c(C)n1. The van der Waals surface area contributed by atoms with Crippen LogP contribution in [0.5, 0.6) is 0 Å². The molecule has 84 valence electrons. The smallest absolute Gasteiger partial charge is 0.0638 e. The van der Waals surface area contributed by atoms with Gasteiger partial charge in [0.1, 0.15) is 0 Å². The first-order chi connectivity index (χ1) is 7.29. The molecule has 0 bridgehead atoms. The first kappa shape index (κ1) is 10.7. The lowest BCUT2D eigenvalue weighted by Gasteiger charge is -1.99. The maximum absolute atomic E-state index is 4.52. The number of aromatic nitrogens is 2. The molecule has 0 spiro atoms. The van der Waals surface area contributed by atoms with Crippen LogP contribution in [0.4, 0.5) is 0 Å². The summed E-state index contributed by atoms with van der Waals surface area (Å²) in [7, 11) is 0. The second-order valence-corrected chi connectivity index (χ2v) is 4.51. The van der Waals surface area contributed by atoms with Crippen LogP contribution in [0.15, 0.2) is 6.20 Å². The largest absolute Gasteiger partial charge is 0.310 e. The number of hydrogen-bond donors (Lipinski definition) is 1. The molecular weight excluding hydrogens is 186 g/mol. The van der Waals surface area contributed by atoms with Gasteiger partial charge in [-0.15, -0.1) is 0 Å². The fraction of sp³-hybridized carbons (Fsp3) is 0.750. The monoisotopic (exact) mass is 207 g/mol. The Bertz CT molecular complexity index is 313. The molecule has 0 aliphatic heterocycles. The third kappa shape index (κ3) is 3.06. The number of nitrogens with zero attached hydrogens (tertiary/aromatic N) is 2. The predicted molar refractivity (Wildman–Crippen MR) is 61.7 cm³/mol. The summed E-state index contributed by atoms with van der Waals surface area (Å²) >= 11 is 0. The van der Waals surface area contributed by atoms with Gasteiger partial charge in [-0.05, 0) is 26.2 Å². The molecule has 0 radical (unpaired) electrons. The van der Waals surface area contributed by atoms with Crippen LogP contribution in [0.3, 0.4) is 0 Å². The first-order valence-electron chi connectivity index (χ1n) is 6.06. The molecule has 0 aromatic carbocycles. The van der Waals surface area contributed by atoms with Gasteiger partial charge in [-0.2, -0.15) is 5.10 Å². The van der Waals surface area contributed by atoms with Crippen molar-refractivity contribution in [2.24, 2.45) is 0 Å². The van der Waals surface area contributed by atoms with E-state index in [9.17, 15) is 0 Å². The van der Waals surface area contributed by atoms with Crippen molar-refractivity contribution in [1.82, 2.24) is 15.1 Å². The van der Waals surface area contributed by atoms with E-state index in [-0.39, 0.29) is 0 Å². The predicted octanol–water partition coefficient (Wildman–Crippen LogP) is 2.24. The molecule has 1 heterocycles. The molecule has 1 aromatic heterocycles. The Morgan fingerprint density at radius 2 is 2.33 bits per heavy atom. The van der Waals surface area contributed by atoms with Crippen molar-refractivity contribution in [2.45, 2.75) is 58.7 Å². The zero-order valence-corrected chi connectivity index (χ0v) is 9.79. The van der Waals surface area contributed by atoms with E-state index < -0.39 is 0 Å². The Kier molecular flexibility index (Phi) is 3.41. The van der Waals surface area contributed by atoms with Gasteiger partial charge in [-0.1, -0.05) is 13.3 Å². The summed E-state index contributed by atoms with van der Waals surface area (Å²) < 4.78 is 2.09. The van der Waals surface area contributed by atoms with E-state index in [4.69, 9.17) is 0 Å². The summed E-state index contributed by atoms with van der Waals surface area (Å²) in [6.07, 6.45) is 7.34. The Labute approximate surface area is 91.9 Å². The van der Waals surface area contributed by atoms with E-state index in [0.29, 0.717) is 0 Å². The van der Waals surface area contributed by atoms with Crippen LogP contribution in [0.2, 0.25) is 0 Å². The summed E-state index contributed by atoms with van der Waals surface area (Å²) in [4.78, 5) is 0. The Hall–Kier alpha value is -0.830. The quantitative estimate of drug-likeness (QED) is 0.775. The lowest BCUT2D eigenvalue weighted by Crippen LogP contribution is -2.15. The number of unbranched alkanes of at least 4 members (excludes halogenated alkanes) is 1. The van der Waals surface area contributed by atoms with Crippen molar-refractivity contribution >= 4 is 0 Å². The van der Waals surface area contributed by atoms with Crippen LogP contribution < -0.4 is 5.32 Å². The van der Waals surface area contributed by atoms with Crippen molar-refractivity contribution in [3.05, 3.63) is 17.5 Å². The summed E-state index contributed by atoms with van der Waals surface area (Å²) in [5, 5.41) is 8.05. The lowest BCUT2D eigenvalue weighted by molar-refractivity contribution is 0.568. The van der Waals surface area contributed by atoms with E-state index in [1.165, 1.54) is 36.9 Å². The number of rotatable bonds is 6. The molecule has 1 fully saturated rings. The first-order valence-corrected chi connectivity index (χ1v) is 6.06. The maximum Gasteiger partial charge on any atom is 0.0638 e. The van der Waals surface area contributed by atoms with E-state index in [1.54, 1.807) is 0 Å². The minimum atomic E-state index is 0.781. The zero-order valence-electron chi connectivity index (χ0n) is 9.79. The molecular formula is C12H21N3. The van der Waals surface area contributed by atoms with Crippen molar-refractivity contribution < 1.29 is 0 Å². The van der Waals surface area contributed by atoms with E-state index >= 15 is 0 Å². The highest BCUT2D eigenvalue weighted by atomic mass is 15.3. The molecule has 1 aliphatic carbocycles. The third-order valence-corrected chi connectivity index (χ3v) is 2.95. The van der Waals surface area contributed by atoms with Gasteiger partial charge in [0.25, 0.3) is 0 Å². The lowest BCUT2D eigenvalue weighted by atomic mass is 10.2. The highest BCUT2D eigenvalue weighted by Gasteiger charge is 2.20. The average molecular weight is 207 g/mol. The van der Waals surface area contributed by atoms with Crippen molar-refractivity contribution in [1.29, 1.82) is 0 Å². The van der Waals surface area contributed by atoms with E-state index in [0.717, 1.165) is 19.1 Å². The molecule has 0 unspecified atom stereocenters. The van der Waals surface area contributed by atoms with E-state index in [1.807, 2.05) is 0 Å². The van der Waals surface area contributed by atoms with Crippen molar-refractivity contribution in [2.75, 3.05) is 0 Å². The molecule has 1 N–H and O–H groups in total. The van der Waals surface area contributed by atoms with Gasteiger partial charge in [-0.3, -0.25) is 4.68 Å².